The molecule has 2 aromatic rings. The highest BCUT2D eigenvalue weighted by Gasteiger charge is 2.27. The van der Waals surface area contributed by atoms with Crippen LogP contribution in [0.3, 0.4) is 0 Å². The Hall–Kier alpha value is -2.03. The third-order valence-corrected chi connectivity index (χ3v) is 5.89. The molecule has 6 nitrogen and oxygen atoms in total. The summed E-state index contributed by atoms with van der Waals surface area (Å²) in [4.78, 5) is 38.3. The van der Waals surface area contributed by atoms with Crippen LogP contribution in [0, 0.1) is 0 Å². The van der Waals surface area contributed by atoms with Crippen LogP contribution in [0.1, 0.15) is 4.88 Å². The predicted octanol–water partition coefficient (Wildman–Crippen LogP) is 3.16. The number of carbonyl (C=O) groups excluding carboxylic acids is 3. The highest BCUT2D eigenvalue weighted by molar-refractivity contribution is 7.99. The van der Waals surface area contributed by atoms with Crippen molar-refractivity contribution in [1.29, 1.82) is 0 Å². The standard InChI is InChI=1S/C17H15ClN2O4S2/c18-14-6-5-11(26-14)9-25-10-17(23)24-8-16(22)20-7-15(21)19-12-3-1-2-4-13(12)20/h1-6H,7-10H2,(H,19,21). The number of anilines is 2. The molecule has 0 spiro atoms. The summed E-state index contributed by atoms with van der Waals surface area (Å²) in [5, 5.41) is 2.70. The maximum absolute atomic E-state index is 12.4. The molecule has 0 unspecified atom stereocenters. The minimum Gasteiger partial charge on any atom is -0.455 e. The van der Waals surface area contributed by atoms with E-state index >= 15 is 0 Å². The van der Waals surface area contributed by atoms with E-state index in [-0.39, 0.29) is 18.2 Å². The van der Waals surface area contributed by atoms with Gasteiger partial charge in [0.2, 0.25) is 5.91 Å². The largest absolute Gasteiger partial charge is 0.455 e. The SMILES string of the molecule is O=C1CN(C(=O)COC(=O)CSCc2ccc(Cl)s2)c2ccccc2N1. The van der Waals surface area contributed by atoms with Gasteiger partial charge in [-0.05, 0) is 24.3 Å². The van der Waals surface area contributed by atoms with Crippen LogP contribution in [0.25, 0.3) is 0 Å². The van der Waals surface area contributed by atoms with Crippen LogP contribution in [0.4, 0.5) is 11.4 Å². The lowest BCUT2D eigenvalue weighted by Crippen LogP contribution is -2.44. The number of ether oxygens (including phenoxy) is 1. The van der Waals surface area contributed by atoms with Gasteiger partial charge < -0.3 is 10.1 Å². The first kappa shape index (κ1) is 18.8. The Morgan fingerprint density at radius 2 is 2.08 bits per heavy atom. The number of halogens is 1. The Kier molecular flexibility index (Phi) is 6.18. The van der Waals surface area contributed by atoms with Gasteiger partial charge in [-0.2, -0.15) is 0 Å². The van der Waals surface area contributed by atoms with E-state index < -0.39 is 18.5 Å². The van der Waals surface area contributed by atoms with Crippen molar-refractivity contribution in [3.05, 3.63) is 45.6 Å². The molecular formula is C17H15ClN2O4S2. The molecule has 1 N–H and O–H groups in total. The van der Waals surface area contributed by atoms with Gasteiger partial charge in [0.15, 0.2) is 6.61 Å². The fraction of sp³-hybridized carbons (Fsp3) is 0.235. The number of fused-ring (bicyclic) bond motifs is 1. The maximum Gasteiger partial charge on any atom is 0.316 e. The number of thioether (sulfide) groups is 1. The van der Waals surface area contributed by atoms with E-state index in [0.29, 0.717) is 21.5 Å². The van der Waals surface area contributed by atoms with Crippen LogP contribution < -0.4 is 10.2 Å². The minimum atomic E-state index is -0.472. The van der Waals surface area contributed by atoms with Crippen molar-refractivity contribution in [2.75, 3.05) is 29.1 Å². The zero-order valence-electron chi connectivity index (χ0n) is 13.6. The normalized spacial score (nSPS) is 13.1. The Bertz CT molecular complexity index is 840. The second-order valence-electron chi connectivity index (χ2n) is 5.40. The number of carbonyl (C=O) groups is 3. The lowest BCUT2D eigenvalue weighted by atomic mass is 10.2. The highest BCUT2D eigenvalue weighted by Crippen LogP contribution is 2.29. The first-order valence-corrected chi connectivity index (χ1v) is 10.0. The highest BCUT2D eigenvalue weighted by atomic mass is 35.5. The lowest BCUT2D eigenvalue weighted by molar-refractivity contribution is -0.145. The third-order valence-electron chi connectivity index (χ3n) is 3.52. The summed E-state index contributed by atoms with van der Waals surface area (Å²) >= 11 is 8.71. The average Bonchev–Trinajstić information content (AvgIpc) is 3.04. The molecule has 3 rings (SSSR count). The van der Waals surface area contributed by atoms with Gasteiger partial charge in [-0.1, -0.05) is 23.7 Å². The molecule has 0 radical (unpaired) electrons. The number of esters is 1. The number of thiophene rings is 1. The second kappa shape index (κ2) is 8.57. The van der Waals surface area contributed by atoms with Gasteiger partial charge in [-0.15, -0.1) is 23.1 Å². The summed E-state index contributed by atoms with van der Waals surface area (Å²) < 4.78 is 5.75. The van der Waals surface area contributed by atoms with E-state index in [1.165, 1.54) is 28.0 Å². The average molecular weight is 411 g/mol. The molecule has 0 atom stereocenters. The molecule has 0 saturated carbocycles. The zero-order valence-corrected chi connectivity index (χ0v) is 16.0. The van der Waals surface area contributed by atoms with E-state index in [2.05, 4.69) is 5.32 Å². The Morgan fingerprint density at radius 3 is 2.85 bits per heavy atom. The van der Waals surface area contributed by atoms with E-state index in [1.54, 1.807) is 24.3 Å². The van der Waals surface area contributed by atoms with Crippen molar-refractivity contribution >= 4 is 63.9 Å². The van der Waals surface area contributed by atoms with Crippen molar-refractivity contribution in [3.63, 3.8) is 0 Å². The second-order valence-corrected chi connectivity index (χ2v) is 8.19. The maximum atomic E-state index is 12.4. The van der Waals surface area contributed by atoms with Crippen molar-refractivity contribution in [2.24, 2.45) is 0 Å². The van der Waals surface area contributed by atoms with Gasteiger partial charge in [-0.3, -0.25) is 19.3 Å². The van der Waals surface area contributed by atoms with Crippen LogP contribution in [-0.4, -0.2) is 36.7 Å². The van der Waals surface area contributed by atoms with Crippen molar-refractivity contribution < 1.29 is 19.1 Å². The molecule has 0 fully saturated rings. The number of benzene rings is 1. The number of para-hydroxylation sites is 2. The van der Waals surface area contributed by atoms with Gasteiger partial charge in [0, 0.05) is 10.6 Å². The van der Waals surface area contributed by atoms with Crippen molar-refractivity contribution in [1.82, 2.24) is 0 Å². The van der Waals surface area contributed by atoms with E-state index in [9.17, 15) is 14.4 Å². The fourth-order valence-electron chi connectivity index (χ4n) is 2.38. The zero-order chi connectivity index (χ0) is 18.5. The molecule has 2 heterocycles. The molecule has 26 heavy (non-hydrogen) atoms. The van der Waals surface area contributed by atoms with E-state index in [4.69, 9.17) is 16.3 Å². The molecule has 1 aromatic heterocycles. The summed E-state index contributed by atoms with van der Waals surface area (Å²) in [5.41, 5.74) is 1.16. The van der Waals surface area contributed by atoms with Gasteiger partial charge in [0.05, 0.1) is 21.5 Å². The molecule has 1 aliphatic heterocycles. The number of hydrogen-bond donors (Lipinski definition) is 1. The minimum absolute atomic E-state index is 0.0959. The van der Waals surface area contributed by atoms with Crippen molar-refractivity contribution in [3.8, 4) is 0 Å². The Labute approximate surface area is 163 Å². The first-order valence-electron chi connectivity index (χ1n) is 7.70. The quantitative estimate of drug-likeness (QED) is 0.740. The molecule has 2 amide bonds. The van der Waals surface area contributed by atoms with Crippen LogP contribution in [0.2, 0.25) is 4.34 Å². The van der Waals surface area contributed by atoms with Gasteiger partial charge in [-0.25, -0.2) is 0 Å². The first-order chi connectivity index (χ1) is 12.5. The van der Waals surface area contributed by atoms with E-state index in [1.807, 2.05) is 12.1 Å². The smallest absolute Gasteiger partial charge is 0.316 e. The molecular weight excluding hydrogens is 396 g/mol. The monoisotopic (exact) mass is 410 g/mol. The Balaban J connectivity index is 1.47. The molecule has 0 saturated heterocycles. The topological polar surface area (TPSA) is 75.7 Å². The fourth-order valence-corrected chi connectivity index (χ4v) is 4.40. The lowest BCUT2D eigenvalue weighted by Gasteiger charge is -2.28. The summed E-state index contributed by atoms with van der Waals surface area (Å²) in [6.07, 6.45) is 0. The van der Waals surface area contributed by atoms with Crippen LogP contribution >= 0.6 is 34.7 Å². The van der Waals surface area contributed by atoms with Crippen LogP contribution in [0.5, 0.6) is 0 Å². The number of nitrogens with one attached hydrogen (secondary N) is 1. The molecule has 136 valence electrons. The Morgan fingerprint density at radius 1 is 1.27 bits per heavy atom. The number of nitrogens with zero attached hydrogens (tertiary/aromatic N) is 1. The molecule has 0 aliphatic carbocycles. The summed E-state index contributed by atoms with van der Waals surface area (Å²) in [6, 6.07) is 10.7. The van der Waals surface area contributed by atoms with Crippen molar-refractivity contribution in [2.45, 2.75) is 5.75 Å². The number of amides is 2. The van der Waals surface area contributed by atoms with Gasteiger partial charge in [0.25, 0.3) is 5.91 Å². The van der Waals surface area contributed by atoms with Crippen LogP contribution in [0.15, 0.2) is 36.4 Å². The summed E-state index contributed by atoms with van der Waals surface area (Å²) in [6.45, 7) is -0.493. The van der Waals surface area contributed by atoms with Crippen LogP contribution in [-0.2, 0) is 24.9 Å². The van der Waals surface area contributed by atoms with Gasteiger partial charge >= 0.3 is 5.97 Å². The molecule has 9 heteroatoms. The number of rotatable bonds is 6. The summed E-state index contributed by atoms with van der Waals surface area (Å²) in [7, 11) is 0. The molecule has 1 aromatic carbocycles. The number of hydrogen-bond acceptors (Lipinski definition) is 6. The third kappa shape index (κ3) is 4.78. The summed E-state index contributed by atoms with van der Waals surface area (Å²) in [5.74, 6) is -0.398. The van der Waals surface area contributed by atoms with Gasteiger partial charge in [0.1, 0.15) is 6.54 Å². The molecule has 0 bridgehead atoms. The van der Waals surface area contributed by atoms with E-state index in [0.717, 1.165) is 4.88 Å². The molecule has 1 aliphatic rings. The predicted molar refractivity (Wildman–Crippen MR) is 104 cm³/mol.